The number of aromatic nitrogens is 2. The normalized spacial score (nSPS) is 14.2. The van der Waals surface area contributed by atoms with E-state index in [4.69, 9.17) is 18.9 Å². The first kappa shape index (κ1) is 26.3. The van der Waals surface area contributed by atoms with Gasteiger partial charge in [-0.25, -0.2) is 18.9 Å². The fourth-order valence-corrected chi connectivity index (χ4v) is 4.33. The van der Waals surface area contributed by atoms with Crippen LogP contribution in [0.4, 0.5) is 27.5 Å². The highest BCUT2D eigenvalue weighted by Crippen LogP contribution is 2.38. The van der Waals surface area contributed by atoms with Crippen molar-refractivity contribution < 1.29 is 37.3 Å². The molecule has 1 fully saturated rings. The van der Waals surface area contributed by atoms with Gasteiger partial charge in [0.15, 0.2) is 5.82 Å². The Kier molecular flexibility index (Phi) is 7.26. The van der Waals surface area contributed by atoms with Crippen LogP contribution in [-0.2, 0) is 9.30 Å². The number of nitrogens with zero attached hydrogens (tertiary/aromatic N) is 4. The Balaban J connectivity index is 1.53. The van der Waals surface area contributed by atoms with Crippen molar-refractivity contribution in [2.24, 2.45) is 0 Å². The first-order valence-electron chi connectivity index (χ1n) is 11.5. The summed E-state index contributed by atoms with van der Waals surface area (Å²) in [6.07, 6.45) is 2.92. The Bertz CT molecular complexity index is 1600. The molecule has 1 aliphatic rings. The van der Waals surface area contributed by atoms with E-state index in [9.17, 15) is 14.7 Å². The molecule has 0 bridgehead atoms. The summed E-state index contributed by atoms with van der Waals surface area (Å²) in [4.78, 5) is 39.1. The number of halogens is 1. The first-order valence-corrected chi connectivity index (χ1v) is 13.1. The summed E-state index contributed by atoms with van der Waals surface area (Å²) in [6, 6.07) is 11.4. The lowest BCUT2D eigenvalue weighted by molar-refractivity contribution is -0.402. The highest BCUT2D eigenvalue weighted by atomic mass is 31.2. The van der Waals surface area contributed by atoms with E-state index >= 15 is 4.39 Å². The summed E-state index contributed by atoms with van der Waals surface area (Å²) in [7, 11) is -4.71. The number of hydrogen-bond donors (Lipinski definition) is 3. The van der Waals surface area contributed by atoms with Crippen molar-refractivity contribution in [2.75, 3.05) is 36.5 Å². The fraction of sp³-hybridized carbons (Fsp3) is 0.167. The zero-order chi connectivity index (χ0) is 27.6. The zero-order valence-corrected chi connectivity index (χ0v) is 21.0. The lowest BCUT2D eigenvalue weighted by Crippen LogP contribution is -2.36. The average molecular weight is 557 g/mol. The number of anilines is 3. The molecule has 15 heteroatoms. The SMILES string of the molecule is O=[N+]([O-])c1ccc(C=Cc2nc(Nc3ccc(OP(=O)(O)O)cc3)c3cc(N4CCOCC4)c(F)cc3n2)o1. The molecule has 3 heterocycles. The second kappa shape index (κ2) is 10.8. The predicted molar refractivity (Wildman–Crippen MR) is 139 cm³/mol. The predicted octanol–water partition coefficient (Wildman–Crippen LogP) is 4.49. The van der Waals surface area contributed by atoms with Gasteiger partial charge >= 0.3 is 13.7 Å². The molecule has 0 spiro atoms. The van der Waals surface area contributed by atoms with Gasteiger partial charge in [0.05, 0.1) is 30.5 Å². The van der Waals surface area contributed by atoms with Gasteiger partial charge in [-0.1, -0.05) is 0 Å². The molecule has 1 saturated heterocycles. The molecular weight excluding hydrogens is 536 g/mol. The van der Waals surface area contributed by atoms with Crippen LogP contribution in [0.2, 0.25) is 0 Å². The van der Waals surface area contributed by atoms with Crippen LogP contribution in [-0.4, -0.2) is 51.0 Å². The van der Waals surface area contributed by atoms with E-state index in [0.717, 1.165) is 0 Å². The van der Waals surface area contributed by atoms with Crippen LogP contribution in [0.1, 0.15) is 11.6 Å². The van der Waals surface area contributed by atoms with Crippen LogP contribution in [0.15, 0.2) is 52.9 Å². The van der Waals surface area contributed by atoms with Crippen LogP contribution >= 0.6 is 7.82 Å². The van der Waals surface area contributed by atoms with Gasteiger partial charge in [0, 0.05) is 30.2 Å². The van der Waals surface area contributed by atoms with E-state index in [1.807, 2.05) is 4.90 Å². The van der Waals surface area contributed by atoms with Crippen molar-refractivity contribution in [3.8, 4) is 5.75 Å². The number of rotatable bonds is 8. The van der Waals surface area contributed by atoms with E-state index in [2.05, 4.69) is 19.8 Å². The molecule has 2 aromatic carbocycles. The van der Waals surface area contributed by atoms with Crippen molar-refractivity contribution in [2.45, 2.75) is 0 Å². The number of benzene rings is 2. The second-order valence-electron chi connectivity index (χ2n) is 8.35. The van der Waals surface area contributed by atoms with Gasteiger partial charge in [-0.15, -0.1) is 0 Å². The zero-order valence-electron chi connectivity index (χ0n) is 20.1. The van der Waals surface area contributed by atoms with E-state index in [0.29, 0.717) is 54.4 Å². The third kappa shape index (κ3) is 6.38. The number of phosphoric acid groups is 1. The van der Waals surface area contributed by atoms with Gasteiger partial charge in [-0.3, -0.25) is 19.9 Å². The molecule has 1 aliphatic heterocycles. The van der Waals surface area contributed by atoms with E-state index in [1.165, 1.54) is 54.6 Å². The molecule has 0 radical (unpaired) electrons. The number of nitrogens with one attached hydrogen (secondary N) is 1. The molecule has 5 rings (SSSR count). The van der Waals surface area contributed by atoms with E-state index in [-0.39, 0.29) is 17.3 Å². The van der Waals surface area contributed by atoms with Crippen LogP contribution in [0.5, 0.6) is 5.75 Å². The monoisotopic (exact) mass is 557 g/mol. The summed E-state index contributed by atoms with van der Waals surface area (Å²) in [5, 5.41) is 14.5. The first-order chi connectivity index (χ1) is 18.6. The van der Waals surface area contributed by atoms with Crippen LogP contribution in [0.3, 0.4) is 0 Å². The summed E-state index contributed by atoms with van der Waals surface area (Å²) in [5.74, 6) is -0.221. The van der Waals surface area contributed by atoms with E-state index < -0.39 is 24.4 Å². The molecule has 0 saturated carbocycles. The van der Waals surface area contributed by atoms with Crippen molar-refractivity contribution in [3.63, 3.8) is 0 Å². The van der Waals surface area contributed by atoms with E-state index in [1.54, 1.807) is 6.07 Å². The second-order valence-corrected chi connectivity index (χ2v) is 9.51. The highest BCUT2D eigenvalue weighted by molar-refractivity contribution is 7.46. The fourth-order valence-electron chi connectivity index (χ4n) is 3.93. The molecule has 0 aliphatic carbocycles. The Hall–Kier alpha value is -4.36. The minimum atomic E-state index is -4.71. The number of ether oxygens (including phenoxy) is 1. The van der Waals surface area contributed by atoms with Crippen molar-refractivity contribution in [1.82, 2.24) is 9.97 Å². The molecule has 3 N–H and O–H groups in total. The molecule has 0 amide bonds. The van der Waals surface area contributed by atoms with Gasteiger partial charge in [0.2, 0.25) is 0 Å². The summed E-state index contributed by atoms with van der Waals surface area (Å²) < 4.78 is 41.3. The maximum absolute atomic E-state index is 15.2. The van der Waals surface area contributed by atoms with Crippen molar-refractivity contribution in [3.05, 3.63) is 76.0 Å². The third-order valence-corrected chi connectivity index (χ3v) is 6.11. The molecule has 39 heavy (non-hydrogen) atoms. The Morgan fingerprint density at radius 3 is 2.51 bits per heavy atom. The summed E-state index contributed by atoms with van der Waals surface area (Å²) >= 11 is 0. The average Bonchev–Trinajstić information content (AvgIpc) is 3.37. The Morgan fingerprint density at radius 2 is 1.85 bits per heavy atom. The minimum Gasteiger partial charge on any atom is -0.404 e. The Labute approximate surface area is 219 Å². The van der Waals surface area contributed by atoms with Crippen LogP contribution in [0, 0.1) is 15.9 Å². The molecule has 202 valence electrons. The number of fused-ring (bicyclic) bond motifs is 1. The summed E-state index contributed by atoms with van der Waals surface area (Å²) in [6.45, 7) is 1.97. The highest BCUT2D eigenvalue weighted by Gasteiger charge is 2.19. The number of morpholine rings is 1. The number of furan rings is 1. The standard InChI is InChI=1S/C24H21FN5O8P/c25-19-14-20-18(13-21(19)29-9-11-36-12-10-29)24(26-15-1-3-17(4-2-15)38-39(33,34)35)28-22(27-20)7-5-16-6-8-23(37-16)30(31)32/h1-8,13-14H,9-12H2,(H,26,27,28)(H2,33,34,35). The number of phosphoric ester groups is 1. The topological polar surface area (TPSA) is 173 Å². The lowest BCUT2D eigenvalue weighted by atomic mass is 10.1. The quantitative estimate of drug-likeness (QED) is 0.158. The van der Waals surface area contributed by atoms with Crippen molar-refractivity contribution in [1.29, 1.82) is 0 Å². The van der Waals surface area contributed by atoms with Crippen LogP contribution < -0.4 is 14.7 Å². The van der Waals surface area contributed by atoms with Gasteiger partial charge in [-0.05, 0) is 48.6 Å². The molecule has 4 aromatic rings. The lowest BCUT2D eigenvalue weighted by Gasteiger charge is -2.29. The maximum Gasteiger partial charge on any atom is 0.524 e. The number of hydrogen-bond acceptors (Lipinski definition) is 10. The largest absolute Gasteiger partial charge is 0.524 e. The van der Waals surface area contributed by atoms with Crippen LogP contribution in [0.25, 0.3) is 23.1 Å². The van der Waals surface area contributed by atoms with Gasteiger partial charge in [0.1, 0.15) is 28.1 Å². The molecule has 13 nitrogen and oxygen atoms in total. The molecule has 2 aromatic heterocycles. The summed E-state index contributed by atoms with van der Waals surface area (Å²) in [5.41, 5.74) is 1.17. The minimum absolute atomic E-state index is 0.0331. The molecule has 0 unspecified atom stereocenters. The molecular formula is C24H21FN5O8P. The van der Waals surface area contributed by atoms with Gasteiger partial charge in [-0.2, -0.15) is 0 Å². The Morgan fingerprint density at radius 1 is 1.10 bits per heavy atom. The smallest absolute Gasteiger partial charge is 0.404 e. The van der Waals surface area contributed by atoms with Gasteiger partial charge in [0.25, 0.3) is 0 Å². The maximum atomic E-state index is 15.2. The van der Waals surface area contributed by atoms with Crippen molar-refractivity contribution >= 4 is 54.0 Å². The van der Waals surface area contributed by atoms with Gasteiger partial charge < -0.3 is 23.9 Å². The molecule has 0 atom stereocenters. The number of nitro groups is 1. The third-order valence-electron chi connectivity index (χ3n) is 5.66.